The molecular formula is C38H44N2O8. The highest BCUT2D eigenvalue weighted by atomic mass is 16.5. The number of benzene rings is 3. The lowest BCUT2D eigenvalue weighted by Crippen LogP contribution is -2.16. The summed E-state index contributed by atoms with van der Waals surface area (Å²) in [7, 11) is 1.56. The van der Waals surface area contributed by atoms with Crippen LogP contribution in [0.1, 0.15) is 70.8 Å². The van der Waals surface area contributed by atoms with Gasteiger partial charge in [-0.1, -0.05) is 18.9 Å². The number of ketones is 1. The van der Waals surface area contributed by atoms with Gasteiger partial charge in [0, 0.05) is 47.5 Å². The minimum absolute atomic E-state index is 0.161. The van der Waals surface area contributed by atoms with Crippen LogP contribution in [0.2, 0.25) is 0 Å². The van der Waals surface area contributed by atoms with Crippen molar-refractivity contribution in [3.63, 3.8) is 0 Å². The number of hydrogen-bond donors (Lipinski definition) is 2. The van der Waals surface area contributed by atoms with E-state index < -0.39 is 6.10 Å². The number of ether oxygens (including phenoxy) is 2. The maximum absolute atomic E-state index is 14.1. The van der Waals surface area contributed by atoms with Crippen molar-refractivity contribution in [1.29, 1.82) is 0 Å². The molecule has 0 aliphatic carbocycles. The molecule has 1 atom stereocenters. The number of carbonyl (C=O) groups excluding carboxylic acids is 2. The zero-order valence-electron chi connectivity index (χ0n) is 27.9. The largest absolute Gasteiger partial charge is 0.497 e. The highest BCUT2D eigenvalue weighted by Crippen LogP contribution is 2.29. The van der Waals surface area contributed by atoms with Crippen molar-refractivity contribution in [2.24, 2.45) is 0 Å². The predicted molar refractivity (Wildman–Crippen MR) is 188 cm³/mol. The highest BCUT2D eigenvalue weighted by molar-refractivity contribution is 6.04. The molecule has 0 radical (unpaired) electrons. The van der Waals surface area contributed by atoms with Gasteiger partial charge in [-0.3, -0.25) is 19.2 Å². The number of aromatic nitrogens is 2. The molecule has 10 heteroatoms. The van der Waals surface area contributed by atoms with Crippen molar-refractivity contribution >= 4 is 55.4 Å². The Bertz CT molecular complexity index is 2090. The molecule has 0 bridgehead atoms. The Balaban J connectivity index is 1.64. The van der Waals surface area contributed by atoms with E-state index in [2.05, 4.69) is 9.13 Å². The van der Waals surface area contributed by atoms with E-state index in [0.29, 0.717) is 101 Å². The lowest BCUT2D eigenvalue weighted by Gasteiger charge is -2.19. The van der Waals surface area contributed by atoms with E-state index in [4.69, 9.17) is 9.47 Å². The third kappa shape index (κ3) is 7.29. The van der Waals surface area contributed by atoms with E-state index in [1.54, 1.807) is 32.2 Å². The molecule has 0 spiro atoms. The Hall–Kier alpha value is -4.54. The number of Topliss-reactive ketones (excluding diaryl/α,β-unsaturated/α-hetero) is 1. The fourth-order valence-electron chi connectivity index (χ4n) is 6.48. The van der Waals surface area contributed by atoms with Crippen LogP contribution in [0.3, 0.4) is 0 Å². The third-order valence-corrected chi connectivity index (χ3v) is 9.04. The van der Waals surface area contributed by atoms with Crippen molar-refractivity contribution in [2.45, 2.75) is 91.0 Å². The predicted octanol–water partition coefficient (Wildman–Crippen LogP) is 5.76. The lowest BCUT2D eigenvalue weighted by molar-refractivity contribution is -0.143. The van der Waals surface area contributed by atoms with Gasteiger partial charge >= 0.3 is 5.97 Å². The van der Waals surface area contributed by atoms with Crippen LogP contribution in [0.25, 0.3) is 43.6 Å². The number of pyridine rings is 2. The highest BCUT2D eigenvalue weighted by Gasteiger charge is 2.18. The fourth-order valence-corrected chi connectivity index (χ4v) is 6.48. The lowest BCUT2D eigenvalue weighted by atomic mass is 10.0. The van der Waals surface area contributed by atoms with Gasteiger partial charge < -0.3 is 28.8 Å². The van der Waals surface area contributed by atoms with Crippen LogP contribution in [0.5, 0.6) is 5.75 Å². The Morgan fingerprint density at radius 2 is 1.27 bits per heavy atom. The van der Waals surface area contributed by atoms with Gasteiger partial charge in [0.15, 0.2) is 16.6 Å². The molecule has 5 aromatic rings. The molecule has 1 unspecified atom stereocenters. The van der Waals surface area contributed by atoms with E-state index in [9.17, 15) is 29.4 Å². The number of nitrogens with zero attached hydrogens (tertiary/aromatic N) is 2. The van der Waals surface area contributed by atoms with Crippen LogP contribution >= 0.6 is 0 Å². The molecule has 2 N–H and O–H groups in total. The Labute approximate surface area is 278 Å². The quantitative estimate of drug-likeness (QED) is 0.0778. The third-order valence-electron chi connectivity index (χ3n) is 9.04. The summed E-state index contributed by atoms with van der Waals surface area (Å²) in [5.41, 5.74) is 3.00. The number of hydrogen-bond acceptors (Lipinski definition) is 8. The van der Waals surface area contributed by atoms with Gasteiger partial charge in [-0.05, 0) is 87.6 Å². The molecule has 2 aromatic heterocycles. The zero-order valence-corrected chi connectivity index (χ0v) is 27.9. The summed E-state index contributed by atoms with van der Waals surface area (Å²) in [6.07, 6.45) is 3.97. The van der Waals surface area contributed by atoms with Crippen LogP contribution in [0, 0.1) is 0 Å². The summed E-state index contributed by atoms with van der Waals surface area (Å²) in [6, 6.07) is 14.4. The standard InChI is InChI=1S/C38H44N2O8/c1-4-48-36(44)12-8-6-10-18-40-32-16-14-26(47-3)20-28(32)38(46)30-22-33-29(21-34(30)40)37(45)27-19-25(23-41)13-15-31(27)39(33)17-9-5-7-11-35(43)24(2)42/h13-16,19-22,24,41-42H,4-12,17-18,23H2,1-3H3. The molecule has 3 aromatic carbocycles. The second-order valence-corrected chi connectivity index (χ2v) is 12.3. The van der Waals surface area contributed by atoms with Crippen molar-refractivity contribution < 1.29 is 29.3 Å². The molecular weight excluding hydrogens is 612 g/mol. The topological polar surface area (TPSA) is 137 Å². The smallest absolute Gasteiger partial charge is 0.305 e. The van der Waals surface area contributed by atoms with E-state index >= 15 is 0 Å². The molecule has 0 aliphatic rings. The van der Waals surface area contributed by atoms with Gasteiger partial charge in [0.05, 0.1) is 42.4 Å². The first kappa shape index (κ1) is 34.8. The van der Waals surface area contributed by atoms with Crippen molar-refractivity contribution in [3.05, 3.63) is 74.5 Å². The van der Waals surface area contributed by atoms with Crippen LogP contribution < -0.4 is 15.6 Å². The molecule has 254 valence electrons. The molecule has 10 nitrogen and oxygen atoms in total. The number of aliphatic hydroxyl groups is 2. The average molecular weight is 657 g/mol. The maximum atomic E-state index is 14.1. The molecule has 0 saturated carbocycles. The second kappa shape index (κ2) is 15.6. The number of fused-ring (bicyclic) bond motifs is 4. The van der Waals surface area contributed by atoms with E-state index in [1.165, 1.54) is 6.92 Å². The number of aryl methyl sites for hydroxylation is 2. The molecule has 0 aliphatic heterocycles. The van der Waals surface area contributed by atoms with E-state index in [0.717, 1.165) is 24.8 Å². The molecule has 0 fully saturated rings. The first-order valence-electron chi connectivity index (χ1n) is 16.8. The number of unbranched alkanes of at least 4 members (excludes halogenated alkanes) is 4. The Morgan fingerprint density at radius 3 is 1.81 bits per heavy atom. The zero-order chi connectivity index (χ0) is 34.4. The van der Waals surface area contributed by atoms with E-state index in [-0.39, 0.29) is 29.2 Å². The Kier molecular flexibility index (Phi) is 11.3. The maximum Gasteiger partial charge on any atom is 0.305 e. The summed E-state index contributed by atoms with van der Waals surface area (Å²) in [5.74, 6) is 0.172. The van der Waals surface area contributed by atoms with Gasteiger partial charge in [-0.15, -0.1) is 0 Å². The normalized spacial score (nSPS) is 12.3. The van der Waals surface area contributed by atoms with Crippen molar-refractivity contribution in [3.8, 4) is 5.75 Å². The molecule has 2 heterocycles. The number of esters is 1. The summed E-state index contributed by atoms with van der Waals surface area (Å²) in [6.45, 7) is 4.52. The Morgan fingerprint density at radius 1 is 0.729 bits per heavy atom. The van der Waals surface area contributed by atoms with Crippen LogP contribution in [-0.2, 0) is 34.0 Å². The summed E-state index contributed by atoms with van der Waals surface area (Å²) >= 11 is 0. The summed E-state index contributed by atoms with van der Waals surface area (Å²) < 4.78 is 14.6. The van der Waals surface area contributed by atoms with E-state index in [1.807, 2.05) is 30.3 Å². The van der Waals surface area contributed by atoms with Gasteiger partial charge in [-0.2, -0.15) is 0 Å². The van der Waals surface area contributed by atoms with Gasteiger partial charge in [0.25, 0.3) is 0 Å². The first-order chi connectivity index (χ1) is 23.2. The van der Waals surface area contributed by atoms with Crippen LogP contribution in [-0.4, -0.2) is 50.9 Å². The van der Waals surface area contributed by atoms with Crippen molar-refractivity contribution in [2.75, 3.05) is 13.7 Å². The number of methoxy groups -OCH3 is 1. The fraction of sp³-hybridized carbons (Fsp3) is 0.421. The minimum atomic E-state index is -0.976. The van der Waals surface area contributed by atoms with Gasteiger partial charge in [-0.25, -0.2) is 0 Å². The molecule has 48 heavy (non-hydrogen) atoms. The molecule has 5 rings (SSSR count). The molecule has 0 amide bonds. The SMILES string of the molecule is CCOC(=O)CCCCCn1c2ccc(OC)cc2c(=O)c2cc3c(cc21)c(=O)c1cc(CO)ccc1n3CCCCCC(=O)C(C)O. The second-order valence-electron chi connectivity index (χ2n) is 12.3. The summed E-state index contributed by atoms with van der Waals surface area (Å²) in [5, 5.41) is 21.3. The number of rotatable bonds is 16. The average Bonchev–Trinajstić information content (AvgIpc) is 3.09. The van der Waals surface area contributed by atoms with Gasteiger partial charge in [0.1, 0.15) is 11.9 Å². The first-order valence-corrected chi connectivity index (χ1v) is 16.8. The monoisotopic (exact) mass is 656 g/mol. The summed E-state index contributed by atoms with van der Waals surface area (Å²) in [4.78, 5) is 52.0. The van der Waals surface area contributed by atoms with Crippen LogP contribution in [0.15, 0.2) is 58.1 Å². The number of carbonyl (C=O) groups is 2. The number of aliphatic hydroxyl groups excluding tert-OH is 2. The molecule has 0 saturated heterocycles. The minimum Gasteiger partial charge on any atom is -0.497 e. The van der Waals surface area contributed by atoms with Gasteiger partial charge in [0.2, 0.25) is 0 Å². The van der Waals surface area contributed by atoms with Crippen molar-refractivity contribution in [1.82, 2.24) is 9.13 Å². The van der Waals surface area contributed by atoms with Crippen LogP contribution in [0.4, 0.5) is 0 Å².